The first-order chi connectivity index (χ1) is 5.25. The average molecular weight is 159 g/mol. The minimum Gasteiger partial charge on any atom is -0.480 e. The molecule has 0 bridgehead atoms. The third-order valence-electron chi connectivity index (χ3n) is 2.02. The molecule has 0 aromatic heterocycles. The van der Waals surface area contributed by atoms with Crippen molar-refractivity contribution in [3.63, 3.8) is 0 Å². The van der Waals surface area contributed by atoms with E-state index in [1.807, 2.05) is 4.90 Å². The van der Waals surface area contributed by atoms with Crippen LogP contribution in [0.1, 0.15) is 12.8 Å². The maximum atomic E-state index is 10.6. The van der Waals surface area contributed by atoms with E-state index in [0.717, 1.165) is 19.5 Å². The van der Waals surface area contributed by atoms with Crippen molar-refractivity contribution >= 4 is 5.97 Å². The van der Waals surface area contributed by atoms with E-state index >= 15 is 0 Å². The minimum atomic E-state index is -0.821. The summed E-state index contributed by atoms with van der Waals surface area (Å²) in [6.07, 6.45) is 1.42. The molecule has 2 N–H and O–H groups in total. The zero-order valence-electron chi connectivity index (χ0n) is 6.36. The zero-order valence-corrected chi connectivity index (χ0v) is 6.36. The van der Waals surface area contributed by atoms with Crippen LogP contribution >= 0.6 is 0 Å². The van der Waals surface area contributed by atoms with Crippen LogP contribution in [0.15, 0.2) is 0 Å². The molecule has 0 aliphatic carbocycles. The molecule has 4 heteroatoms. The number of aliphatic carboxylic acids is 1. The molecule has 1 rings (SSSR count). The Hall–Kier alpha value is -0.610. The van der Waals surface area contributed by atoms with Gasteiger partial charge in [0.15, 0.2) is 0 Å². The van der Waals surface area contributed by atoms with Crippen LogP contribution in [0.5, 0.6) is 0 Å². The number of carbonyl (C=O) groups is 1. The van der Waals surface area contributed by atoms with Gasteiger partial charge >= 0.3 is 5.97 Å². The van der Waals surface area contributed by atoms with Crippen LogP contribution in [0.2, 0.25) is 0 Å². The Morgan fingerprint density at radius 1 is 1.55 bits per heavy atom. The van der Waals surface area contributed by atoms with Crippen LogP contribution in [-0.4, -0.2) is 46.8 Å². The highest BCUT2D eigenvalue weighted by Crippen LogP contribution is 2.13. The minimum absolute atomic E-state index is 0.0481. The molecular formula is C7H13NO3. The molecule has 1 unspecified atom stereocenters. The van der Waals surface area contributed by atoms with Crippen molar-refractivity contribution < 1.29 is 15.0 Å². The average Bonchev–Trinajstić information content (AvgIpc) is 1.82. The van der Waals surface area contributed by atoms with Gasteiger partial charge in [-0.3, -0.25) is 9.69 Å². The fraction of sp³-hybridized carbons (Fsp3) is 0.857. The normalized spacial score (nSPS) is 20.8. The van der Waals surface area contributed by atoms with Crippen LogP contribution < -0.4 is 0 Å². The summed E-state index contributed by atoms with van der Waals surface area (Å²) in [5.74, 6) is -0.821. The van der Waals surface area contributed by atoms with E-state index in [1.165, 1.54) is 0 Å². The quantitative estimate of drug-likeness (QED) is 0.582. The van der Waals surface area contributed by atoms with Crippen molar-refractivity contribution in [3.8, 4) is 0 Å². The molecule has 0 radical (unpaired) electrons. The van der Waals surface area contributed by atoms with Gasteiger partial charge in [0.25, 0.3) is 0 Å². The number of aliphatic hydroxyl groups is 1. The molecule has 1 saturated heterocycles. The SMILES string of the molecule is O=C(O)C(CCO)N1CCC1. The Kier molecular flexibility index (Phi) is 2.84. The predicted molar refractivity (Wildman–Crippen MR) is 39.3 cm³/mol. The Morgan fingerprint density at radius 2 is 2.18 bits per heavy atom. The molecule has 0 aromatic rings. The fourth-order valence-electron chi connectivity index (χ4n) is 1.24. The topological polar surface area (TPSA) is 60.8 Å². The molecule has 0 saturated carbocycles. The van der Waals surface area contributed by atoms with Crippen molar-refractivity contribution in [3.05, 3.63) is 0 Å². The first-order valence-corrected chi connectivity index (χ1v) is 3.83. The second-order valence-corrected chi connectivity index (χ2v) is 2.76. The standard InChI is InChI=1S/C7H13NO3/c9-5-2-6(7(10)11)8-3-1-4-8/h6,9H,1-5H2,(H,10,11). The highest BCUT2D eigenvalue weighted by Gasteiger charge is 2.28. The van der Waals surface area contributed by atoms with Gasteiger partial charge in [-0.25, -0.2) is 0 Å². The first-order valence-electron chi connectivity index (χ1n) is 3.83. The number of carboxylic acids is 1. The maximum absolute atomic E-state index is 10.6. The van der Waals surface area contributed by atoms with Crippen LogP contribution in [0, 0.1) is 0 Å². The second kappa shape index (κ2) is 3.69. The molecule has 11 heavy (non-hydrogen) atoms. The number of nitrogens with zero attached hydrogens (tertiary/aromatic N) is 1. The van der Waals surface area contributed by atoms with Crippen LogP contribution in [0.4, 0.5) is 0 Å². The molecule has 64 valence electrons. The Labute approximate surface area is 65.4 Å². The van der Waals surface area contributed by atoms with Crippen molar-refractivity contribution in [2.45, 2.75) is 18.9 Å². The molecule has 1 atom stereocenters. The molecule has 4 nitrogen and oxygen atoms in total. The summed E-state index contributed by atoms with van der Waals surface area (Å²) in [5.41, 5.74) is 0. The summed E-state index contributed by atoms with van der Waals surface area (Å²) in [6, 6.07) is -0.464. The summed E-state index contributed by atoms with van der Waals surface area (Å²) < 4.78 is 0. The first kappa shape index (κ1) is 8.49. The highest BCUT2D eigenvalue weighted by molar-refractivity contribution is 5.73. The maximum Gasteiger partial charge on any atom is 0.321 e. The van der Waals surface area contributed by atoms with Crippen molar-refractivity contribution in [2.24, 2.45) is 0 Å². The number of hydrogen-bond acceptors (Lipinski definition) is 3. The molecule has 0 spiro atoms. The van der Waals surface area contributed by atoms with E-state index in [2.05, 4.69) is 0 Å². The summed E-state index contributed by atoms with van der Waals surface area (Å²) in [4.78, 5) is 12.4. The number of hydrogen-bond donors (Lipinski definition) is 2. The summed E-state index contributed by atoms with van der Waals surface area (Å²) in [6.45, 7) is 1.67. The molecular weight excluding hydrogens is 146 g/mol. The Balaban J connectivity index is 2.37. The van der Waals surface area contributed by atoms with E-state index in [9.17, 15) is 4.79 Å². The van der Waals surface area contributed by atoms with E-state index in [4.69, 9.17) is 10.2 Å². The molecule has 1 heterocycles. The van der Waals surface area contributed by atoms with E-state index in [-0.39, 0.29) is 6.61 Å². The molecule has 1 aliphatic heterocycles. The lowest BCUT2D eigenvalue weighted by Gasteiger charge is -2.35. The van der Waals surface area contributed by atoms with Gasteiger partial charge in [-0.15, -0.1) is 0 Å². The van der Waals surface area contributed by atoms with Crippen LogP contribution in [0.3, 0.4) is 0 Å². The van der Waals surface area contributed by atoms with Crippen LogP contribution in [0.25, 0.3) is 0 Å². The lowest BCUT2D eigenvalue weighted by Crippen LogP contribution is -2.49. The fourth-order valence-corrected chi connectivity index (χ4v) is 1.24. The van der Waals surface area contributed by atoms with Crippen molar-refractivity contribution in [2.75, 3.05) is 19.7 Å². The number of aliphatic hydroxyl groups excluding tert-OH is 1. The lowest BCUT2D eigenvalue weighted by molar-refractivity contribution is -0.145. The second-order valence-electron chi connectivity index (χ2n) is 2.76. The highest BCUT2D eigenvalue weighted by atomic mass is 16.4. The van der Waals surface area contributed by atoms with Gasteiger partial charge in [0.05, 0.1) is 0 Å². The van der Waals surface area contributed by atoms with Crippen molar-refractivity contribution in [1.29, 1.82) is 0 Å². The summed E-state index contributed by atoms with van der Waals surface area (Å²) >= 11 is 0. The summed E-state index contributed by atoms with van der Waals surface area (Å²) in [7, 11) is 0. The molecule has 1 fully saturated rings. The molecule has 1 aliphatic rings. The van der Waals surface area contributed by atoms with Gasteiger partial charge < -0.3 is 10.2 Å². The smallest absolute Gasteiger partial charge is 0.321 e. The number of likely N-dealkylation sites (tertiary alicyclic amines) is 1. The third kappa shape index (κ3) is 1.91. The largest absolute Gasteiger partial charge is 0.480 e. The Bertz CT molecular complexity index is 145. The van der Waals surface area contributed by atoms with Gasteiger partial charge in [-0.2, -0.15) is 0 Å². The van der Waals surface area contributed by atoms with Gasteiger partial charge in [-0.05, 0) is 12.8 Å². The van der Waals surface area contributed by atoms with Crippen LogP contribution in [-0.2, 0) is 4.79 Å². The van der Waals surface area contributed by atoms with Gasteiger partial charge in [0.2, 0.25) is 0 Å². The zero-order chi connectivity index (χ0) is 8.27. The monoisotopic (exact) mass is 159 g/mol. The van der Waals surface area contributed by atoms with E-state index in [1.54, 1.807) is 0 Å². The van der Waals surface area contributed by atoms with Gasteiger partial charge in [0.1, 0.15) is 6.04 Å². The Morgan fingerprint density at radius 3 is 2.45 bits per heavy atom. The lowest BCUT2D eigenvalue weighted by atomic mass is 10.1. The third-order valence-corrected chi connectivity index (χ3v) is 2.02. The number of rotatable bonds is 4. The molecule has 0 amide bonds. The van der Waals surface area contributed by atoms with Gasteiger partial charge in [0, 0.05) is 19.7 Å². The van der Waals surface area contributed by atoms with E-state index < -0.39 is 12.0 Å². The van der Waals surface area contributed by atoms with Crippen molar-refractivity contribution in [1.82, 2.24) is 4.90 Å². The van der Waals surface area contributed by atoms with Gasteiger partial charge in [-0.1, -0.05) is 0 Å². The predicted octanol–water partition coefficient (Wildman–Crippen LogP) is -0.472. The summed E-state index contributed by atoms with van der Waals surface area (Å²) in [5, 5.41) is 17.3. The number of carboxylic acid groups (broad SMARTS) is 1. The molecule has 0 aromatic carbocycles. The van der Waals surface area contributed by atoms with E-state index in [0.29, 0.717) is 6.42 Å².